The molecule has 9 heteroatoms. The van der Waals surface area contributed by atoms with Crippen LogP contribution in [0.5, 0.6) is 0 Å². The molecule has 0 unspecified atom stereocenters. The first-order valence-electron chi connectivity index (χ1n) is 9.21. The maximum absolute atomic E-state index is 13.3. The Morgan fingerprint density at radius 3 is 2.55 bits per heavy atom. The van der Waals surface area contributed by atoms with Crippen LogP contribution >= 0.6 is 0 Å². The van der Waals surface area contributed by atoms with Crippen molar-refractivity contribution in [3.63, 3.8) is 0 Å². The number of carboxylic acid groups (broad SMARTS) is 1. The minimum absolute atomic E-state index is 0.0290. The van der Waals surface area contributed by atoms with E-state index in [1.54, 1.807) is 6.92 Å². The molecule has 1 aromatic carbocycles. The van der Waals surface area contributed by atoms with Crippen molar-refractivity contribution in [2.24, 2.45) is 0 Å². The lowest BCUT2D eigenvalue weighted by atomic mass is 10.0. The molecule has 2 aromatic heterocycles. The quantitative estimate of drug-likeness (QED) is 0.710. The van der Waals surface area contributed by atoms with Crippen molar-refractivity contribution in [1.82, 2.24) is 14.2 Å². The molecule has 0 atom stereocenters. The van der Waals surface area contributed by atoms with Crippen LogP contribution in [-0.4, -0.2) is 25.3 Å². The van der Waals surface area contributed by atoms with Crippen molar-refractivity contribution in [3.8, 4) is 11.3 Å². The van der Waals surface area contributed by atoms with Gasteiger partial charge in [-0.25, -0.2) is 9.31 Å². The number of carboxylic acids is 1. The molecular weight excluding hydrogens is 387 g/mol. The van der Waals surface area contributed by atoms with Crippen LogP contribution in [-0.2, 0) is 12.7 Å². The van der Waals surface area contributed by atoms with Crippen LogP contribution in [0.4, 0.5) is 13.2 Å². The fourth-order valence-electron chi connectivity index (χ4n) is 3.72. The number of alkyl halides is 3. The topological polar surface area (TPSA) is 76.6 Å². The van der Waals surface area contributed by atoms with Gasteiger partial charge in [0.25, 0.3) is 5.56 Å². The maximum Gasteiger partial charge on any atom is 0.416 e. The van der Waals surface area contributed by atoms with Gasteiger partial charge in [-0.05, 0) is 44.2 Å². The van der Waals surface area contributed by atoms with Crippen molar-refractivity contribution >= 4 is 11.5 Å². The summed E-state index contributed by atoms with van der Waals surface area (Å²) in [4.78, 5) is 24.8. The van der Waals surface area contributed by atoms with Gasteiger partial charge in [0, 0.05) is 17.7 Å². The Labute approximate surface area is 163 Å². The molecule has 1 aliphatic carbocycles. The highest BCUT2D eigenvalue weighted by molar-refractivity contribution is 5.90. The first kappa shape index (κ1) is 19.2. The van der Waals surface area contributed by atoms with Crippen molar-refractivity contribution in [1.29, 1.82) is 0 Å². The van der Waals surface area contributed by atoms with E-state index in [2.05, 4.69) is 5.10 Å². The van der Waals surface area contributed by atoms with E-state index in [4.69, 9.17) is 0 Å². The minimum atomic E-state index is -4.52. The molecule has 29 heavy (non-hydrogen) atoms. The molecular formula is C20H18F3N3O3. The number of halogens is 3. The first-order valence-corrected chi connectivity index (χ1v) is 9.21. The third kappa shape index (κ3) is 3.10. The second-order valence-electron chi connectivity index (χ2n) is 7.23. The van der Waals surface area contributed by atoms with Crippen LogP contribution in [0.15, 0.2) is 29.2 Å². The molecule has 0 bridgehead atoms. The SMILES string of the molecule is CCn1c(-c2ccc(C)c(C(F)(F)F)c2)cn2nc(C(=O)O)c(C3CC3)c2c1=O. The van der Waals surface area contributed by atoms with Crippen LogP contribution in [0.1, 0.15) is 52.9 Å². The Kier molecular flexibility index (Phi) is 4.29. The van der Waals surface area contributed by atoms with Crippen molar-refractivity contribution in [2.45, 2.75) is 45.3 Å². The summed E-state index contributed by atoms with van der Waals surface area (Å²) in [6, 6.07) is 3.88. The van der Waals surface area contributed by atoms with Crippen LogP contribution in [0.3, 0.4) is 0 Å². The average Bonchev–Trinajstić information content (AvgIpc) is 3.40. The Morgan fingerprint density at radius 2 is 2.00 bits per heavy atom. The Balaban J connectivity index is 2.02. The monoisotopic (exact) mass is 405 g/mol. The van der Waals surface area contributed by atoms with Gasteiger partial charge in [0.1, 0.15) is 5.52 Å². The molecule has 1 saturated carbocycles. The number of hydrogen-bond acceptors (Lipinski definition) is 3. The van der Waals surface area contributed by atoms with Gasteiger partial charge in [0.15, 0.2) is 5.69 Å². The fraction of sp³-hybridized carbons (Fsp3) is 0.350. The summed E-state index contributed by atoms with van der Waals surface area (Å²) in [5.74, 6) is -1.26. The Hall–Kier alpha value is -3.10. The maximum atomic E-state index is 13.3. The van der Waals surface area contributed by atoms with E-state index in [-0.39, 0.29) is 40.5 Å². The number of nitrogens with zero attached hydrogens (tertiary/aromatic N) is 3. The zero-order valence-electron chi connectivity index (χ0n) is 15.7. The van der Waals surface area contributed by atoms with Gasteiger partial charge in [-0.2, -0.15) is 18.3 Å². The van der Waals surface area contributed by atoms with E-state index in [1.165, 1.54) is 34.3 Å². The number of benzene rings is 1. The van der Waals surface area contributed by atoms with E-state index in [0.29, 0.717) is 5.56 Å². The molecule has 0 radical (unpaired) electrons. The lowest BCUT2D eigenvalue weighted by molar-refractivity contribution is -0.138. The van der Waals surface area contributed by atoms with E-state index < -0.39 is 23.3 Å². The van der Waals surface area contributed by atoms with Crippen molar-refractivity contribution < 1.29 is 23.1 Å². The molecule has 4 rings (SSSR count). The summed E-state index contributed by atoms with van der Waals surface area (Å²) < 4.78 is 42.6. The largest absolute Gasteiger partial charge is 0.476 e. The van der Waals surface area contributed by atoms with Gasteiger partial charge in [-0.3, -0.25) is 4.79 Å². The predicted octanol–water partition coefficient (Wildman–Crippen LogP) is 4.09. The molecule has 0 spiro atoms. The number of aromatic nitrogens is 3. The Morgan fingerprint density at radius 1 is 1.31 bits per heavy atom. The zero-order valence-corrected chi connectivity index (χ0v) is 15.7. The highest BCUT2D eigenvalue weighted by atomic mass is 19.4. The van der Waals surface area contributed by atoms with Gasteiger partial charge in [0.05, 0.1) is 17.5 Å². The van der Waals surface area contributed by atoms with Crippen molar-refractivity contribution in [2.75, 3.05) is 0 Å². The molecule has 152 valence electrons. The summed E-state index contributed by atoms with van der Waals surface area (Å²) in [5.41, 5.74) is -0.284. The average molecular weight is 405 g/mol. The molecule has 3 aromatic rings. The molecule has 1 aliphatic rings. The third-order valence-corrected chi connectivity index (χ3v) is 5.27. The molecule has 0 saturated heterocycles. The third-order valence-electron chi connectivity index (χ3n) is 5.27. The number of hydrogen-bond donors (Lipinski definition) is 1. The van der Waals surface area contributed by atoms with Crippen LogP contribution in [0, 0.1) is 6.92 Å². The number of carbonyl (C=O) groups is 1. The van der Waals surface area contributed by atoms with Gasteiger partial charge >= 0.3 is 12.1 Å². The zero-order chi connectivity index (χ0) is 21.1. The van der Waals surface area contributed by atoms with Gasteiger partial charge < -0.3 is 9.67 Å². The normalized spacial score (nSPS) is 14.5. The Bertz CT molecular complexity index is 1200. The second kappa shape index (κ2) is 6.47. The lowest BCUT2D eigenvalue weighted by Gasteiger charge is -2.15. The summed E-state index contributed by atoms with van der Waals surface area (Å²) in [6.07, 6.45) is -1.53. The van der Waals surface area contributed by atoms with Crippen molar-refractivity contribution in [3.05, 3.63) is 57.1 Å². The van der Waals surface area contributed by atoms with Gasteiger partial charge in [-0.15, -0.1) is 0 Å². The summed E-state index contributed by atoms with van der Waals surface area (Å²) in [7, 11) is 0. The first-order chi connectivity index (χ1) is 13.6. The van der Waals surface area contributed by atoms with Gasteiger partial charge in [-0.1, -0.05) is 12.1 Å². The van der Waals surface area contributed by atoms with E-state index >= 15 is 0 Å². The number of aromatic carboxylic acids is 1. The fourth-order valence-corrected chi connectivity index (χ4v) is 3.72. The highest BCUT2D eigenvalue weighted by Gasteiger charge is 2.35. The van der Waals surface area contributed by atoms with E-state index in [1.807, 2.05) is 0 Å². The highest BCUT2D eigenvalue weighted by Crippen LogP contribution is 2.43. The summed E-state index contributed by atoms with van der Waals surface area (Å²) >= 11 is 0. The lowest BCUT2D eigenvalue weighted by Crippen LogP contribution is -2.24. The smallest absolute Gasteiger partial charge is 0.416 e. The summed E-state index contributed by atoms with van der Waals surface area (Å²) in [5, 5.41) is 13.6. The van der Waals surface area contributed by atoms with Crippen LogP contribution in [0.2, 0.25) is 0 Å². The van der Waals surface area contributed by atoms with Gasteiger partial charge in [0.2, 0.25) is 0 Å². The van der Waals surface area contributed by atoms with E-state index in [0.717, 1.165) is 18.9 Å². The molecule has 2 heterocycles. The molecule has 6 nitrogen and oxygen atoms in total. The number of rotatable bonds is 4. The predicted molar refractivity (Wildman–Crippen MR) is 99.2 cm³/mol. The summed E-state index contributed by atoms with van der Waals surface area (Å²) in [6.45, 7) is 3.31. The molecule has 1 N–H and O–H groups in total. The number of aryl methyl sites for hydroxylation is 1. The molecule has 0 aliphatic heterocycles. The standard InChI is InChI=1S/C20H18F3N3O3/c1-3-25-14(12-5-4-10(2)13(8-12)20(21,22)23)9-26-17(18(25)27)15(11-6-7-11)16(24-26)19(28)29/h4-5,8-9,11H,3,6-7H2,1-2H3,(H,28,29). The van der Waals surface area contributed by atoms with Crippen LogP contribution in [0.25, 0.3) is 16.8 Å². The second-order valence-corrected chi connectivity index (χ2v) is 7.23. The van der Waals surface area contributed by atoms with Crippen LogP contribution < -0.4 is 5.56 Å². The molecule has 1 fully saturated rings. The number of fused-ring (bicyclic) bond motifs is 1. The van der Waals surface area contributed by atoms with E-state index in [9.17, 15) is 27.9 Å². The molecule has 0 amide bonds. The minimum Gasteiger partial charge on any atom is -0.476 e.